The molecule has 0 saturated carbocycles. The molecule has 2 atom stereocenters. The minimum absolute atomic E-state index is 0.0680. The van der Waals surface area contributed by atoms with Gasteiger partial charge in [-0.2, -0.15) is 0 Å². The number of hydrogen-bond acceptors (Lipinski definition) is 3. The number of allylic oxidation sites excluding steroid dienone is 1. The van der Waals surface area contributed by atoms with Crippen LogP contribution in [0.2, 0.25) is 0 Å². The lowest BCUT2D eigenvalue weighted by atomic mass is 10.0. The summed E-state index contributed by atoms with van der Waals surface area (Å²) in [6.07, 6.45) is 3.65. The zero-order valence-electron chi connectivity index (χ0n) is 12.9. The normalized spacial score (nSPS) is 18.5. The van der Waals surface area contributed by atoms with Crippen molar-refractivity contribution in [3.63, 3.8) is 0 Å². The van der Waals surface area contributed by atoms with Crippen molar-refractivity contribution < 1.29 is 13.7 Å². The molecule has 1 aliphatic rings. The third-order valence-corrected chi connectivity index (χ3v) is 5.31. The van der Waals surface area contributed by atoms with E-state index in [-0.39, 0.29) is 11.9 Å². The third-order valence-electron chi connectivity index (χ3n) is 3.81. The predicted octanol–water partition coefficient (Wildman–Crippen LogP) is 3.58. The van der Waals surface area contributed by atoms with Gasteiger partial charge in [-0.25, -0.2) is 4.21 Å². The average molecular weight is 326 g/mol. The minimum atomic E-state index is -1.24. The van der Waals surface area contributed by atoms with E-state index in [2.05, 4.69) is 0 Å². The second kappa shape index (κ2) is 6.92. The fourth-order valence-corrected chi connectivity index (χ4v) is 3.80. The summed E-state index contributed by atoms with van der Waals surface area (Å²) >= 11 is 0. The van der Waals surface area contributed by atoms with Gasteiger partial charge in [-0.1, -0.05) is 35.9 Å². The molecule has 0 aliphatic carbocycles. The van der Waals surface area contributed by atoms with E-state index >= 15 is 0 Å². The molecule has 3 nitrogen and oxygen atoms in total. The molecule has 3 rings (SSSR count). The van der Waals surface area contributed by atoms with Gasteiger partial charge in [-0.15, -0.1) is 0 Å². The summed E-state index contributed by atoms with van der Waals surface area (Å²) in [5.74, 6) is 0.0680. The second-order valence-corrected chi connectivity index (χ2v) is 7.07. The van der Waals surface area contributed by atoms with Crippen molar-refractivity contribution in [2.24, 2.45) is 0 Å². The van der Waals surface area contributed by atoms with E-state index in [0.29, 0.717) is 12.8 Å². The van der Waals surface area contributed by atoms with Crippen molar-refractivity contribution in [2.45, 2.75) is 35.7 Å². The van der Waals surface area contributed by atoms with Crippen LogP contribution < -0.4 is 0 Å². The van der Waals surface area contributed by atoms with Gasteiger partial charge in [0.05, 0.1) is 17.1 Å². The number of benzene rings is 2. The van der Waals surface area contributed by atoms with Crippen molar-refractivity contribution in [2.75, 3.05) is 0 Å². The van der Waals surface area contributed by atoms with Gasteiger partial charge in [0.15, 0.2) is 5.78 Å². The first-order valence-electron chi connectivity index (χ1n) is 7.54. The molecule has 0 amide bonds. The summed E-state index contributed by atoms with van der Waals surface area (Å²) in [7, 11) is -1.24. The molecular formula is C19H18O3S. The molecule has 118 valence electrons. The van der Waals surface area contributed by atoms with Crippen LogP contribution in [0.5, 0.6) is 0 Å². The quantitative estimate of drug-likeness (QED) is 0.862. The summed E-state index contributed by atoms with van der Waals surface area (Å²) < 4.78 is 18.4. The lowest BCUT2D eigenvalue weighted by Crippen LogP contribution is -2.21. The number of carbonyl (C=O) groups is 1. The van der Waals surface area contributed by atoms with Crippen LogP contribution in [0.1, 0.15) is 17.5 Å². The van der Waals surface area contributed by atoms with Crippen LogP contribution in [-0.4, -0.2) is 16.1 Å². The van der Waals surface area contributed by atoms with Gasteiger partial charge in [-0.05, 0) is 30.7 Å². The van der Waals surface area contributed by atoms with Crippen LogP contribution in [0.3, 0.4) is 0 Å². The molecule has 0 bridgehead atoms. The summed E-state index contributed by atoms with van der Waals surface area (Å²) in [6, 6.07) is 15.4. The van der Waals surface area contributed by atoms with Crippen molar-refractivity contribution >= 4 is 16.6 Å². The summed E-state index contributed by atoms with van der Waals surface area (Å²) in [5, 5.41) is 0. The van der Waals surface area contributed by atoms with Crippen molar-refractivity contribution in [3.05, 3.63) is 72.0 Å². The molecule has 2 aromatic rings. The molecule has 0 spiro atoms. The Morgan fingerprint density at radius 3 is 2.61 bits per heavy atom. The SMILES string of the molecule is Cc1ccc([S@](=O)c2ccccc2C[C@@H]2CC(=O)C=CO2)cc1. The van der Waals surface area contributed by atoms with E-state index in [1.807, 2.05) is 55.5 Å². The maximum absolute atomic E-state index is 12.9. The van der Waals surface area contributed by atoms with Gasteiger partial charge in [0.1, 0.15) is 6.10 Å². The second-order valence-electron chi connectivity index (χ2n) is 5.62. The molecule has 0 saturated heterocycles. The maximum Gasteiger partial charge on any atom is 0.162 e. The summed E-state index contributed by atoms with van der Waals surface area (Å²) in [6.45, 7) is 2.01. The minimum Gasteiger partial charge on any atom is -0.497 e. The Hall–Kier alpha value is -2.20. The molecule has 23 heavy (non-hydrogen) atoms. The number of carbonyl (C=O) groups excluding carboxylic acids is 1. The molecule has 4 heteroatoms. The third kappa shape index (κ3) is 3.77. The number of aryl methyl sites for hydroxylation is 1. The number of hydrogen-bond donors (Lipinski definition) is 0. The van der Waals surface area contributed by atoms with Crippen LogP contribution in [-0.2, 0) is 26.8 Å². The first kappa shape index (κ1) is 15.7. The maximum atomic E-state index is 12.9. The van der Waals surface area contributed by atoms with Crippen LogP contribution in [0, 0.1) is 6.92 Å². The van der Waals surface area contributed by atoms with E-state index < -0.39 is 10.8 Å². The fraction of sp³-hybridized carbons (Fsp3) is 0.211. The zero-order chi connectivity index (χ0) is 16.2. The molecule has 0 aromatic heterocycles. The Morgan fingerprint density at radius 1 is 1.13 bits per heavy atom. The Bertz CT molecular complexity index is 762. The highest BCUT2D eigenvalue weighted by atomic mass is 32.2. The summed E-state index contributed by atoms with van der Waals surface area (Å²) in [4.78, 5) is 13.1. The molecule has 0 unspecified atom stereocenters. The Morgan fingerprint density at radius 2 is 1.87 bits per heavy atom. The molecule has 0 N–H and O–H groups in total. The lowest BCUT2D eigenvalue weighted by Gasteiger charge is -2.20. The molecule has 2 aromatic carbocycles. The molecular weight excluding hydrogens is 308 g/mol. The van der Waals surface area contributed by atoms with Gasteiger partial charge >= 0.3 is 0 Å². The summed E-state index contributed by atoms with van der Waals surface area (Å²) in [5.41, 5.74) is 2.10. The monoisotopic (exact) mass is 326 g/mol. The van der Waals surface area contributed by atoms with E-state index in [1.165, 1.54) is 12.3 Å². The smallest absolute Gasteiger partial charge is 0.162 e. The van der Waals surface area contributed by atoms with Gasteiger partial charge in [0.25, 0.3) is 0 Å². The van der Waals surface area contributed by atoms with E-state index in [9.17, 15) is 9.00 Å². The van der Waals surface area contributed by atoms with Gasteiger partial charge < -0.3 is 4.74 Å². The fourth-order valence-electron chi connectivity index (χ4n) is 2.57. The first-order chi connectivity index (χ1) is 11.1. The topological polar surface area (TPSA) is 43.4 Å². The van der Waals surface area contributed by atoms with Crippen LogP contribution in [0.25, 0.3) is 0 Å². The average Bonchev–Trinajstić information content (AvgIpc) is 2.55. The number of ketones is 1. The van der Waals surface area contributed by atoms with Crippen molar-refractivity contribution in [1.29, 1.82) is 0 Å². The van der Waals surface area contributed by atoms with E-state index in [4.69, 9.17) is 4.74 Å². The van der Waals surface area contributed by atoms with Crippen molar-refractivity contribution in [3.8, 4) is 0 Å². The molecule has 0 fully saturated rings. The standard InChI is InChI=1S/C19H18O3S/c1-14-6-8-18(9-7-14)23(21)19-5-3-2-4-15(19)12-17-13-16(20)10-11-22-17/h2-11,17H,12-13H2,1H3/t17-,23+/m1/s1. The molecule has 1 heterocycles. The highest BCUT2D eigenvalue weighted by Gasteiger charge is 2.20. The van der Waals surface area contributed by atoms with Crippen molar-refractivity contribution in [1.82, 2.24) is 0 Å². The highest BCUT2D eigenvalue weighted by molar-refractivity contribution is 7.85. The van der Waals surface area contributed by atoms with E-state index in [1.54, 1.807) is 0 Å². The largest absolute Gasteiger partial charge is 0.497 e. The van der Waals surface area contributed by atoms with Gasteiger partial charge in [0.2, 0.25) is 0 Å². The lowest BCUT2D eigenvalue weighted by molar-refractivity contribution is -0.117. The van der Waals surface area contributed by atoms with E-state index in [0.717, 1.165) is 20.9 Å². The van der Waals surface area contributed by atoms with Crippen LogP contribution >= 0.6 is 0 Å². The van der Waals surface area contributed by atoms with Crippen LogP contribution in [0.15, 0.2) is 70.7 Å². The zero-order valence-corrected chi connectivity index (χ0v) is 13.7. The Labute approximate surface area is 138 Å². The van der Waals surface area contributed by atoms with Gasteiger partial charge in [0, 0.05) is 28.7 Å². The first-order valence-corrected chi connectivity index (χ1v) is 8.69. The molecule has 0 radical (unpaired) electrons. The predicted molar refractivity (Wildman–Crippen MR) is 89.6 cm³/mol. The highest BCUT2D eigenvalue weighted by Crippen LogP contribution is 2.23. The van der Waals surface area contributed by atoms with Crippen LogP contribution in [0.4, 0.5) is 0 Å². The van der Waals surface area contributed by atoms with Gasteiger partial charge in [-0.3, -0.25) is 4.79 Å². The Balaban J connectivity index is 1.85. The molecule has 1 aliphatic heterocycles. The Kier molecular flexibility index (Phi) is 4.72. The number of ether oxygens (including phenoxy) is 1. The number of rotatable bonds is 4.